The number of aliphatic hydroxyl groups excluding tert-OH is 1. The van der Waals surface area contributed by atoms with Gasteiger partial charge in [0.05, 0.1) is 25.2 Å². The van der Waals surface area contributed by atoms with E-state index in [2.05, 4.69) is 0 Å². The van der Waals surface area contributed by atoms with E-state index in [9.17, 15) is 9.90 Å². The van der Waals surface area contributed by atoms with Gasteiger partial charge in [-0.3, -0.25) is 4.79 Å². The second-order valence-electron chi connectivity index (χ2n) is 5.62. The second-order valence-corrected chi connectivity index (χ2v) is 5.62. The van der Waals surface area contributed by atoms with Gasteiger partial charge >= 0.3 is 0 Å². The van der Waals surface area contributed by atoms with Crippen molar-refractivity contribution in [1.82, 2.24) is 4.90 Å². The Hall–Kier alpha value is -0.610. The molecule has 0 aromatic carbocycles. The summed E-state index contributed by atoms with van der Waals surface area (Å²) in [7, 11) is 0. The van der Waals surface area contributed by atoms with Crippen molar-refractivity contribution in [1.29, 1.82) is 0 Å². The number of nitrogens with zero attached hydrogens (tertiary/aromatic N) is 1. The number of carbonyl (C=O) groups is 1. The fourth-order valence-electron chi connectivity index (χ4n) is 3.20. The van der Waals surface area contributed by atoms with Crippen molar-refractivity contribution in [3.05, 3.63) is 0 Å². The molecule has 1 amide bonds. The zero-order valence-electron chi connectivity index (χ0n) is 11.3. The monoisotopic (exact) mass is 255 g/mol. The molecule has 2 aliphatic rings. The van der Waals surface area contributed by atoms with E-state index in [0.717, 1.165) is 19.3 Å². The molecule has 2 fully saturated rings. The molecule has 104 valence electrons. The van der Waals surface area contributed by atoms with Gasteiger partial charge in [-0.2, -0.15) is 0 Å². The summed E-state index contributed by atoms with van der Waals surface area (Å²) < 4.78 is 5.49. The van der Waals surface area contributed by atoms with Crippen LogP contribution < -0.4 is 0 Å². The number of hydrogen-bond donors (Lipinski definition) is 1. The minimum Gasteiger partial charge on any atom is -0.395 e. The van der Waals surface area contributed by atoms with Gasteiger partial charge in [0.2, 0.25) is 5.91 Å². The van der Waals surface area contributed by atoms with Crippen LogP contribution in [-0.4, -0.2) is 47.8 Å². The molecule has 0 aromatic rings. The van der Waals surface area contributed by atoms with E-state index in [4.69, 9.17) is 4.74 Å². The third kappa shape index (κ3) is 3.23. The standard InChI is InChI=1S/C14H25NO3/c1-11-9-12(10-18-11)14(17)15(7-8-16)13-5-3-2-4-6-13/h11-13,16H,2-10H2,1H3. The Morgan fingerprint density at radius 2 is 2.06 bits per heavy atom. The van der Waals surface area contributed by atoms with Crippen LogP contribution in [0.4, 0.5) is 0 Å². The van der Waals surface area contributed by atoms with Crippen LogP contribution >= 0.6 is 0 Å². The predicted molar refractivity (Wildman–Crippen MR) is 69.2 cm³/mol. The van der Waals surface area contributed by atoms with Crippen molar-refractivity contribution in [3.63, 3.8) is 0 Å². The molecular weight excluding hydrogens is 230 g/mol. The minimum atomic E-state index is 0.00785. The number of carbonyl (C=O) groups excluding carboxylic acids is 1. The van der Waals surface area contributed by atoms with Crippen molar-refractivity contribution < 1.29 is 14.6 Å². The lowest BCUT2D eigenvalue weighted by atomic mass is 9.92. The Balaban J connectivity index is 1.97. The van der Waals surface area contributed by atoms with E-state index in [-0.39, 0.29) is 24.5 Å². The average molecular weight is 255 g/mol. The summed E-state index contributed by atoms with van der Waals surface area (Å²) in [6, 6.07) is 0.342. The van der Waals surface area contributed by atoms with Crippen molar-refractivity contribution in [2.45, 2.75) is 57.6 Å². The Bertz CT molecular complexity index is 276. The van der Waals surface area contributed by atoms with Crippen LogP contribution in [0.2, 0.25) is 0 Å². The third-order valence-corrected chi connectivity index (χ3v) is 4.19. The summed E-state index contributed by atoms with van der Waals surface area (Å²) in [5.41, 5.74) is 0. The molecule has 1 saturated heterocycles. The van der Waals surface area contributed by atoms with Crippen LogP contribution in [0.5, 0.6) is 0 Å². The molecule has 1 aliphatic carbocycles. The largest absolute Gasteiger partial charge is 0.395 e. The van der Waals surface area contributed by atoms with Gasteiger partial charge in [-0.15, -0.1) is 0 Å². The molecule has 0 spiro atoms. The first kappa shape index (κ1) is 13.8. The molecule has 1 saturated carbocycles. The minimum absolute atomic E-state index is 0.00785. The zero-order valence-corrected chi connectivity index (χ0v) is 11.3. The van der Waals surface area contributed by atoms with Crippen molar-refractivity contribution >= 4 is 5.91 Å². The number of ether oxygens (including phenoxy) is 1. The zero-order chi connectivity index (χ0) is 13.0. The van der Waals surface area contributed by atoms with Gasteiger partial charge in [-0.25, -0.2) is 0 Å². The Morgan fingerprint density at radius 1 is 1.33 bits per heavy atom. The molecule has 4 heteroatoms. The highest BCUT2D eigenvalue weighted by Gasteiger charge is 2.34. The predicted octanol–water partition coefficient (Wildman–Crippen LogP) is 1.56. The molecule has 2 unspecified atom stereocenters. The van der Waals surface area contributed by atoms with Gasteiger partial charge in [0.15, 0.2) is 0 Å². The Labute approximate surface area is 109 Å². The second kappa shape index (κ2) is 6.53. The molecule has 0 bridgehead atoms. The van der Waals surface area contributed by atoms with Gasteiger partial charge in [0, 0.05) is 12.6 Å². The van der Waals surface area contributed by atoms with Gasteiger partial charge in [0.1, 0.15) is 0 Å². The Morgan fingerprint density at radius 3 is 2.61 bits per heavy atom. The summed E-state index contributed by atoms with van der Waals surface area (Å²) in [6.45, 7) is 3.11. The van der Waals surface area contributed by atoms with E-state index in [1.165, 1.54) is 19.3 Å². The van der Waals surface area contributed by atoms with E-state index >= 15 is 0 Å². The smallest absolute Gasteiger partial charge is 0.228 e. The fraction of sp³-hybridized carbons (Fsp3) is 0.929. The lowest BCUT2D eigenvalue weighted by molar-refractivity contribution is -0.139. The summed E-state index contributed by atoms with van der Waals surface area (Å²) in [5, 5.41) is 9.19. The van der Waals surface area contributed by atoms with Gasteiger partial charge in [0.25, 0.3) is 0 Å². The molecule has 0 radical (unpaired) electrons. The van der Waals surface area contributed by atoms with E-state index in [1.807, 2.05) is 11.8 Å². The lowest BCUT2D eigenvalue weighted by Gasteiger charge is -2.35. The van der Waals surface area contributed by atoms with Crippen molar-refractivity contribution in [3.8, 4) is 0 Å². The van der Waals surface area contributed by atoms with E-state index in [1.54, 1.807) is 0 Å². The van der Waals surface area contributed by atoms with Crippen LogP contribution in [-0.2, 0) is 9.53 Å². The first-order chi connectivity index (χ1) is 8.72. The molecule has 18 heavy (non-hydrogen) atoms. The normalized spacial score (nSPS) is 29.4. The first-order valence-corrected chi connectivity index (χ1v) is 7.25. The van der Waals surface area contributed by atoms with Gasteiger partial charge < -0.3 is 14.7 Å². The Kier molecular flexibility index (Phi) is 5.01. The highest BCUT2D eigenvalue weighted by molar-refractivity contribution is 5.79. The van der Waals surface area contributed by atoms with Crippen LogP contribution in [0.3, 0.4) is 0 Å². The molecule has 1 heterocycles. The number of hydrogen-bond acceptors (Lipinski definition) is 3. The van der Waals surface area contributed by atoms with Crippen molar-refractivity contribution in [2.24, 2.45) is 5.92 Å². The molecule has 1 aliphatic heterocycles. The van der Waals surface area contributed by atoms with Crippen LogP contribution in [0.25, 0.3) is 0 Å². The van der Waals surface area contributed by atoms with Crippen LogP contribution in [0, 0.1) is 5.92 Å². The fourth-order valence-corrected chi connectivity index (χ4v) is 3.20. The third-order valence-electron chi connectivity index (χ3n) is 4.19. The molecule has 1 N–H and O–H groups in total. The summed E-state index contributed by atoms with van der Waals surface area (Å²) in [4.78, 5) is 14.4. The lowest BCUT2D eigenvalue weighted by Crippen LogP contribution is -2.46. The van der Waals surface area contributed by atoms with Crippen LogP contribution in [0.1, 0.15) is 45.4 Å². The first-order valence-electron chi connectivity index (χ1n) is 7.25. The molecule has 4 nitrogen and oxygen atoms in total. The van der Waals surface area contributed by atoms with Gasteiger partial charge in [-0.05, 0) is 26.2 Å². The highest BCUT2D eigenvalue weighted by Crippen LogP contribution is 2.27. The average Bonchev–Trinajstić information content (AvgIpc) is 2.83. The topological polar surface area (TPSA) is 49.8 Å². The maximum atomic E-state index is 12.5. The molecular formula is C14H25NO3. The quantitative estimate of drug-likeness (QED) is 0.829. The van der Waals surface area contributed by atoms with Crippen LogP contribution in [0.15, 0.2) is 0 Å². The molecule has 2 rings (SSSR count). The van der Waals surface area contributed by atoms with Gasteiger partial charge in [-0.1, -0.05) is 19.3 Å². The molecule has 0 aromatic heterocycles. The van der Waals surface area contributed by atoms with E-state index in [0.29, 0.717) is 19.2 Å². The maximum absolute atomic E-state index is 12.5. The SMILES string of the molecule is CC1CC(C(=O)N(CCO)C2CCCCC2)CO1. The maximum Gasteiger partial charge on any atom is 0.228 e. The number of amides is 1. The number of rotatable bonds is 4. The summed E-state index contributed by atoms with van der Waals surface area (Å²) in [6.07, 6.45) is 6.90. The molecule has 2 atom stereocenters. The number of aliphatic hydroxyl groups is 1. The highest BCUT2D eigenvalue weighted by atomic mass is 16.5. The summed E-state index contributed by atoms with van der Waals surface area (Å²) in [5.74, 6) is 0.203. The van der Waals surface area contributed by atoms with E-state index < -0.39 is 0 Å². The van der Waals surface area contributed by atoms with Crippen molar-refractivity contribution in [2.75, 3.05) is 19.8 Å². The summed E-state index contributed by atoms with van der Waals surface area (Å²) >= 11 is 0.